The van der Waals surface area contributed by atoms with Crippen molar-refractivity contribution in [3.05, 3.63) is 58.6 Å². The van der Waals surface area contributed by atoms with Crippen molar-refractivity contribution in [2.24, 2.45) is 0 Å². The highest BCUT2D eigenvalue weighted by Gasteiger charge is 2.32. The molecule has 0 radical (unpaired) electrons. The number of carbonyl (C=O) groups is 1. The van der Waals surface area contributed by atoms with Gasteiger partial charge in [0.25, 0.3) is 0 Å². The maximum absolute atomic E-state index is 12.7. The first-order valence-electron chi connectivity index (χ1n) is 9.67. The Hall–Kier alpha value is -2.24. The predicted molar refractivity (Wildman–Crippen MR) is 107 cm³/mol. The summed E-state index contributed by atoms with van der Waals surface area (Å²) in [6, 6.07) is 14.4. The molecule has 1 aromatic heterocycles. The van der Waals surface area contributed by atoms with Crippen molar-refractivity contribution in [1.82, 2.24) is 9.88 Å². The number of thiazole rings is 1. The second-order valence-electron chi connectivity index (χ2n) is 7.48. The van der Waals surface area contributed by atoms with Gasteiger partial charge in [0, 0.05) is 6.54 Å². The van der Waals surface area contributed by atoms with Gasteiger partial charge in [-0.05, 0) is 61.7 Å². The topological polar surface area (TPSA) is 42.4 Å². The smallest absolute Gasteiger partial charge is 0.321 e. The van der Waals surface area contributed by atoms with Gasteiger partial charge < -0.3 is 4.74 Å². The van der Waals surface area contributed by atoms with E-state index in [9.17, 15) is 4.79 Å². The van der Waals surface area contributed by atoms with E-state index in [1.165, 1.54) is 24.8 Å². The molecule has 3 heterocycles. The minimum Gasteiger partial charge on any atom is -0.426 e. The van der Waals surface area contributed by atoms with E-state index in [1.807, 2.05) is 24.3 Å². The molecule has 0 aliphatic carbocycles. The Morgan fingerprint density at radius 1 is 1.11 bits per heavy atom. The molecule has 1 fully saturated rings. The van der Waals surface area contributed by atoms with Crippen molar-refractivity contribution >= 4 is 27.5 Å². The highest BCUT2D eigenvalue weighted by Crippen LogP contribution is 2.37. The number of ether oxygens (including phenoxy) is 1. The summed E-state index contributed by atoms with van der Waals surface area (Å²) in [6.45, 7) is 3.26. The average Bonchev–Trinajstić information content (AvgIpc) is 3.12. The summed E-state index contributed by atoms with van der Waals surface area (Å²) < 4.78 is 6.85. The Morgan fingerprint density at radius 3 is 2.81 bits per heavy atom. The van der Waals surface area contributed by atoms with Crippen LogP contribution in [0.1, 0.15) is 41.3 Å². The third-order valence-electron chi connectivity index (χ3n) is 5.51. The largest absolute Gasteiger partial charge is 0.426 e. The summed E-state index contributed by atoms with van der Waals surface area (Å²) in [7, 11) is 0. The van der Waals surface area contributed by atoms with Gasteiger partial charge in [-0.2, -0.15) is 0 Å². The lowest BCUT2D eigenvalue weighted by Crippen LogP contribution is -2.29. The molecule has 3 aromatic rings. The van der Waals surface area contributed by atoms with Crippen molar-refractivity contribution in [2.45, 2.75) is 38.1 Å². The summed E-state index contributed by atoms with van der Waals surface area (Å²) >= 11 is 1.59. The van der Waals surface area contributed by atoms with Crippen molar-refractivity contribution in [2.75, 3.05) is 13.1 Å². The van der Waals surface area contributed by atoms with Gasteiger partial charge in [-0.3, -0.25) is 9.69 Å². The summed E-state index contributed by atoms with van der Waals surface area (Å²) in [5, 5.41) is 0.851. The molecule has 1 saturated heterocycles. The first kappa shape index (κ1) is 16.9. The van der Waals surface area contributed by atoms with Crippen molar-refractivity contribution in [1.29, 1.82) is 0 Å². The van der Waals surface area contributed by atoms with Gasteiger partial charge in [-0.15, -0.1) is 11.3 Å². The number of piperidine rings is 1. The van der Waals surface area contributed by atoms with Crippen LogP contribution in [0.4, 0.5) is 0 Å². The van der Waals surface area contributed by atoms with Gasteiger partial charge in [0.2, 0.25) is 0 Å². The average molecular weight is 378 g/mol. The molecular weight excluding hydrogens is 356 g/mol. The van der Waals surface area contributed by atoms with Gasteiger partial charge in [0.1, 0.15) is 16.7 Å². The molecule has 0 bridgehead atoms. The van der Waals surface area contributed by atoms with E-state index in [0.717, 1.165) is 46.2 Å². The number of rotatable bonds is 3. The number of esters is 1. The number of benzene rings is 2. The van der Waals surface area contributed by atoms with E-state index < -0.39 is 0 Å². The second kappa shape index (κ2) is 7.06. The maximum Gasteiger partial charge on any atom is 0.321 e. The van der Waals surface area contributed by atoms with Crippen LogP contribution in [-0.2, 0) is 17.8 Å². The highest BCUT2D eigenvalue weighted by atomic mass is 32.1. The first-order chi connectivity index (χ1) is 13.3. The standard InChI is InChI=1S/C22H22N2O2S/c25-22-17(21-23-18-6-2-3-7-20(18)27-21)13-16-9-8-15(12-19(16)26-22)14-24-10-4-1-5-11-24/h2-3,6-9,12,17H,1,4-5,10-11,13-14H2. The van der Waals surface area contributed by atoms with Gasteiger partial charge in [0.05, 0.1) is 10.2 Å². The monoisotopic (exact) mass is 378 g/mol. The molecule has 0 spiro atoms. The Morgan fingerprint density at radius 2 is 1.96 bits per heavy atom. The third kappa shape index (κ3) is 3.37. The summed E-state index contributed by atoms with van der Waals surface area (Å²) in [5.74, 6) is 0.242. The van der Waals surface area contributed by atoms with E-state index in [1.54, 1.807) is 11.3 Å². The van der Waals surface area contributed by atoms with Crippen LogP contribution in [0.25, 0.3) is 10.2 Å². The zero-order valence-corrected chi connectivity index (χ0v) is 16.0. The summed E-state index contributed by atoms with van der Waals surface area (Å²) in [5.41, 5.74) is 3.27. The van der Waals surface area contributed by atoms with Gasteiger partial charge in [-0.25, -0.2) is 4.98 Å². The van der Waals surface area contributed by atoms with Crippen molar-refractivity contribution < 1.29 is 9.53 Å². The maximum atomic E-state index is 12.7. The molecule has 27 heavy (non-hydrogen) atoms. The van der Waals surface area contributed by atoms with Crippen LogP contribution in [0.15, 0.2) is 42.5 Å². The van der Waals surface area contributed by atoms with Crippen LogP contribution in [0, 0.1) is 0 Å². The fourth-order valence-electron chi connectivity index (χ4n) is 4.05. The molecule has 138 valence electrons. The zero-order chi connectivity index (χ0) is 18.2. The number of fused-ring (bicyclic) bond motifs is 2. The number of hydrogen-bond donors (Lipinski definition) is 0. The minimum absolute atomic E-state index is 0.184. The van der Waals surface area contributed by atoms with Crippen LogP contribution in [0.5, 0.6) is 5.75 Å². The predicted octanol–water partition coefficient (Wildman–Crippen LogP) is 4.53. The summed E-state index contributed by atoms with van der Waals surface area (Å²) in [6.07, 6.45) is 4.57. The molecule has 0 N–H and O–H groups in total. The Kier molecular flexibility index (Phi) is 4.42. The van der Waals surface area contributed by atoms with Gasteiger partial charge in [0.15, 0.2) is 0 Å². The molecule has 5 rings (SSSR count). The van der Waals surface area contributed by atoms with Crippen LogP contribution in [-0.4, -0.2) is 28.9 Å². The Balaban J connectivity index is 1.37. The van der Waals surface area contributed by atoms with E-state index in [4.69, 9.17) is 4.74 Å². The molecule has 0 saturated carbocycles. The third-order valence-corrected chi connectivity index (χ3v) is 6.66. The van der Waals surface area contributed by atoms with E-state index in [-0.39, 0.29) is 11.9 Å². The number of hydrogen-bond acceptors (Lipinski definition) is 5. The van der Waals surface area contributed by atoms with E-state index in [0.29, 0.717) is 6.42 Å². The SMILES string of the molecule is O=C1Oc2cc(CN3CCCCC3)ccc2CC1c1nc2ccccc2s1. The fourth-order valence-corrected chi connectivity index (χ4v) is 5.10. The van der Waals surface area contributed by atoms with Crippen molar-refractivity contribution in [3.63, 3.8) is 0 Å². The lowest BCUT2D eigenvalue weighted by atomic mass is 9.95. The lowest BCUT2D eigenvalue weighted by Gasteiger charge is -2.27. The van der Waals surface area contributed by atoms with Crippen LogP contribution >= 0.6 is 11.3 Å². The zero-order valence-electron chi connectivity index (χ0n) is 15.2. The molecule has 2 aromatic carbocycles. The summed E-state index contributed by atoms with van der Waals surface area (Å²) in [4.78, 5) is 19.8. The van der Waals surface area contributed by atoms with Crippen LogP contribution in [0.2, 0.25) is 0 Å². The number of aromatic nitrogens is 1. The molecule has 5 heteroatoms. The number of nitrogens with zero attached hydrogens (tertiary/aromatic N) is 2. The molecule has 2 aliphatic rings. The first-order valence-corrected chi connectivity index (χ1v) is 10.5. The number of carbonyl (C=O) groups excluding carboxylic acids is 1. The molecule has 0 amide bonds. The quantitative estimate of drug-likeness (QED) is 0.496. The molecule has 2 aliphatic heterocycles. The lowest BCUT2D eigenvalue weighted by molar-refractivity contribution is -0.137. The number of para-hydroxylation sites is 1. The fraction of sp³-hybridized carbons (Fsp3) is 0.364. The number of likely N-dealkylation sites (tertiary alicyclic amines) is 1. The van der Waals surface area contributed by atoms with Gasteiger partial charge in [-0.1, -0.05) is 30.7 Å². The van der Waals surface area contributed by atoms with Gasteiger partial charge >= 0.3 is 5.97 Å². The molecule has 1 atom stereocenters. The second-order valence-corrected chi connectivity index (χ2v) is 8.54. The van der Waals surface area contributed by atoms with Crippen molar-refractivity contribution in [3.8, 4) is 5.75 Å². The van der Waals surface area contributed by atoms with Crippen LogP contribution < -0.4 is 4.74 Å². The normalized spacial score (nSPS) is 20.4. The minimum atomic E-state index is -0.303. The van der Waals surface area contributed by atoms with E-state index in [2.05, 4.69) is 28.1 Å². The molecular formula is C22H22N2O2S. The Labute approximate surface area is 162 Å². The highest BCUT2D eigenvalue weighted by molar-refractivity contribution is 7.18. The Bertz CT molecular complexity index is 958. The van der Waals surface area contributed by atoms with E-state index >= 15 is 0 Å². The molecule has 1 unspecified atom stereocenters. The molecule has 4 nitrogen and oxygen atoms in total. The van der Waals surface area contributed by atoms with Crippen LogP contribution in [0.3, 0.4) is 0 Å².